The lowest BCUT2D eigenvalue weighted by atomic mass is 10.2. The van der Waals surface area contributed by atoms with Gasteiger partial charge in [-0.3, -0.25) is 0 Å². The average Bonchev–Trinajstić information content (AvgIpc) is 3.34. The maximum Gasteiger partial charge on any atom is 0.191 e. The minimum atomic E-state index is 0.790. The third-order valence-corrected chi connectivity index (χ3v) is 6.60. The zero-order valence-corrected chi connectivity index (χ0v) is 16.3. The molecule has 0 fully saturated rings. The molecule has 1 aromatic carbocycles. The molecular weight excluding hydrogens is 368 g/mol. The smallest absolute Gasteiger partial charge is 0.191 e. The molecule has 4 aromatic rings. The van der Waals surface area contributed by atoms with E-state index in [9.17, 15) is 0 Å². The van der Waals surface area contributed by atoms with Gasteiger partial charge in [-0.15, -0.1) is 32.9 Å². The van der Waals surface area contributed by atoms with Gasteiger partial charge in [-0.2, -0.15) is 0 Å². The summed E-state index contributed by atoms with van der Waals surface area (Å²) in [6.07, 6.45) is 0. The minimum Gasteiger partial charge on any atom is -0.305 e. The molecule has 0 aliphatic rings. The highest BCUT2D eigenvalue weighted by Gasteiger charge is 2.13. The monoisotopic (exact) mass is 384 g/mol. The number of thiophene rings is 1. The number of hydrogen-bond donors (Lipinski definition) is 0. The van der Waals surface area contributed by atoms with Crippen LogP contribution in [0.3, 0.4) is 0 Å². The molecule has 0 unspecified atom stereocenters. The number of benzene rings is 1. The number of thiazole rings is 1. The fourth-order valence-corrected chi connectivity index (χ4v) is 4.89. The second kappa shape index (κ2) is 7.11. The highest BCUT2D eigenvalue weighted by atomic mass is 32.2. The number of rotatable bonds is 5. The van der Waals surface area contributed by atoms with E-state index in [4.69, 9.17) is 4.98 Å². The Labute approximate surface area is 158 Å². The first-order chi connectivity index (χ1) is 12.2. The topological polar surface area (TPSA) is 43.6 Å². The molecule has 25 heavy (non-hydrogen) atoms. The van der Waals surface area contributed by atoms with Crippen molar-refractivity contribution in [1.29, 1.82) is 0 Å². The third-order valence-electron chi connectivity index (χ3n) is 3.75. The van der Waals surface area contributed by atoms with Crippen molar-refractivity contribution in [3.05, 3.63) is 57.7 Å². The molecule has 0 N–H and O–H groups in total. The van der Waals surface area contributed by atoms with Crippen LogP contribution in [-0.2, 0) is 12.8 Å². The minimum absolute atomic E-state index is 0.790. The molecule has 0 amide bonds. The Kier molecular flexibility index (Phi) is 4.70. The molecule has 0 saturated heterocycles. The summed E-state index contributed by atoms with van der Waals surface area (Å²) in [4.78, 5) is 6.02. The van der Waals surface area contributed by atoms with Crippen molar-refractivity contribution < 1.29 is 0 Å². The first-order valence-corrected chi connectivity index (χ1v) is 10.5. The molecular formula is C18H16N4S3. The van der Waals surface area contributed by atoms with E-state index < -0.39 is 0 Å². The van der Waals surface area contributed by atoms with Crippen molar-refractivity contribution >= 4 is 34.4 Å². The number of hydrogen-bond acceptors (Lipinski definition) is 6. The van der Waals surface area contributed by atoms with Gasteiger partial charge in [-0.1, -0.05) is 42.1 Å². The Morgan fingerprint density at radius 2 is 1.88 bits per heavy atom. The van der Waals surface area contributed by atoms with Crippen LogP contribution in [0.4, 0.5) is 0 Å². The van der Waals surface area contributed by atoms with Crippen molar-refractivity contribution in [3.8, 4) is 22.0 Å². The summed E-state index contributed by atoms with van der Waals surface area (Å²) < 4.78 is 2.05. The maximum absolute atomic E-state index is 4.74. The molecule has 0 aliphatic heterocycles. The Morgan fingerprint density at radius 1 is 1.04 bits per heavy atom. The van der Waals surface area contributed by atoms with Crippen LogP contribution in [0.15, 0.2) is 52.3 Å². The van der Waals surface area contributed by atoms with Crippen LogP contribution in [0, 0.1) is 6.92 Å². The zero-order valence-electron chi connectivity index (χ0n) is 13.8. The van der Waals surface area contributed by atoms with Crippen molar-refractivity contribution in [2.24, 2.45) is 7.05 Å². The number of nitrogens with zero attached hydrogens (tertiary/aromatic N) is 4. The van der Waals surface area contributed by atoms with Gasteiger partial charge >= 0.3 is 0 Å². The summed E-state index contributed by atoms with van der Waals surface area (Å²) in [6, 6.07) is 12.4. The fraction of sp³-hybridized carbons (Fsp3) is 0.167. The molecule has 0 spiro atoms. The first kappa shape index (κ1) is 16.5. The number of aromatic nitrogens is 4. The molecule has 0 saturated carbocycles. The van der Waals surface area contributed by atoms with Gasteiger partial charge in [-0.25, -0.2) is 4.98 Å². The van der Waals surface area contributed by atoms with Gasteiger partial charge in [0.05, 0.1) is 5.69 Å². The Hall–Kier alpha value is -1.96. The van der Waals surface area contributed by atoms with Crippen LogP contribution in [-0.4, -0.2) is 19.7 Å². The van der Waals surface area contributed by atoms with Crippen LogP contribution in [0.5, 0.6) is 0 Å². The van der Waals surface area contributed by atoms with E-state index in [-0.39, 0.29) is 0 Å². The SMILES string of the molecule is Cc1cc(-c2nnc(SCc3csc(-c4ccccc4)n3)n2C)cs1. The maximum atomic E-state index is 4.74. The predicted octanol–water partition coefficient (Wildman–Crippen LogP) is 5.27. The number of thioether (sulfide) groups is 1. The van der Waals surface area contributed by atoms with Gasteiger partial charge in [0.2, 0.25) is 0 Å². The van der Waals surface area contributed by atoms with E-state index >= 15 is 0 Å². The van der Waals surface area contributed by atoms with Gasteiger partial charge in [0.15, 0.2) is 11.0 Å². The van der Waals surface area contributed by atoms with Crippen molar-refractivity contribution in [3.63, 3.8) is 0 Å². The second-order valence-corrected chi connectivity index (χ2v) is 8.53. The van der Waals surface area contributed by atoms with Gasteiger partial charge in [-0.05, 0) is 13.0 Å². The summed E-state index contributed by atoms with van der Waals surface area (Å²) in [7, 11) is 2.01. The standard InChI is InChI=1S/C18H16N4S3/c1-12-8-14(9-23-12)16-20-21-18(22(16)2)25-11-15-10-24-17(19-15)13-6-4-3-5-7-13/h3-10H,11H2,1-2H3. The van der Waals surface area contributed by atoms with Crippen LogP contribution >= 0.6 is 34.4 Å². The van der Waals surface area contributed by atoms with E-state index in [1.54, 1.807) is 34.4 Å². The molecule has 3 aromatic heterocycles. The largest absolute Gasteiger partial charge is 0.305 e. The molecule has 4 rings (SSSR count). The van der Waals surface area contributed by atoms with Crippen LogP contribution < -0.4 is 0 Å². The lowest BCUT2D eigenvalue weighted by Gasteiger charge is -2.01. The normalized spacial score (nSPS) is 11.1. The van der Waals surface area contributed by atoms with Gasteiger partial charge in [0.25, 0.3) is 0 Å². The van der Waals surface area contributed by atoms with Crippen LogP contribution in [0.1, 0.15) is 10.6 Å². The first-order valence-electron chi connectivity index (χ1n) is 7.78. The molecule has 0 aliphatic carbocycles. The molecule has 0 radical (unpaired) electrons. The van der Waals surface area contributed by atoms with Crippen LogP contribution in [0.2, 0.25) is 0 Å². The fourth-order valence-electron chi connectivity index (χ4n) is 2.48. The van der Waals surface area contributed by atoms with Crippen LogP contribution in [0.25, 0.3) is 22.0 Å². The van der Waals surface area contributed by atoms with Crippen molar-refractivity contribution in [2.45, 2.75) is 17.8 Å². The second-order valence-electron chi connectivity index (χ2n) is 5.61. The summed E-state index contributed by atoms with van der Waals surface area (Å²) in [5.74, 6) is 1.70. The Bertz CT molecular complexity index is 985. The van der Waals surface area contributed by atoms with Gasteiger partial charge < -0.3 is 4.57 Å². The van der Waals surface area contributed by atoms with Gasteiger partial charge in [0.1, 0.15) is 5.01 Å². The summed E-state index contributed by atoms with van der Waals surface area (Å²) >= 11 is 5.08. The van der Waals surface area contributed by atoms with Gasteiger partial charge in [0, 0.05) is 39.6 Å². The molecule has 126 valence electrons. The van der Waals surface area contributed by atoms with Crippen molar-refractivity contribution in [1.82, 2.24) is 19.7 Å². The third kappa shape index (κ3) is 3.53. The molecule has 0 bridgehead atoms. The summed E-state index contributed by atoms with van der Waals surface area (Å²) in [6.45, 7) is 2.10. The molecule has 7 heteroatoms. The van der Waals surface area contributed by atoms with E-state index in [0.29, 0.717) is 0 Å². The summed E-state index contributed by atoms with van der Waals surface area (Å²) in [5, 5.41) is 14.9. The highest BCUT2D eigenvalue weighted by molar-refractivity contribution is 7.98. The average molecular weight is 385 g/mol. The quantitative estimate of drug-likeness (QED) is 0.440. The molecule has 3 heterocycles. The van der Waals surface area contributed by atoms with E-state index in [1.165, 1.54) is 4.88 Å². The molecule has 0 atom stereocenters. The van der Waals surface area contributed by atoms with E-state index in [0.717, 1.165) is 38.6 Å². The predicted molar refractivity (Wildman–Crippen MR) is 106 cm³/mol. The number of aryl methyl sites for hydroxylation is 1. The lowest BCUT2D eigenvalue weighted by molar-refractivity contribution is 0.793. The Morgan fingerprint density at radius 3 is 2.64 bits per heavy atom. The molecule has 4 nitrogen and oxygen atoms in total. The Balaban J connectivity index is 1.47. The van der Waals surface area contributed by atoms with Crippen molar-refractivity contribution in [2.75, 3.05) is 0 Å². The zero-order chi connectivity index (χ0) is 17.2. The summed E-state index contributed by atoms with van der Waals surface area (Å²) in [5.41, 5.74) is 3.37. The lowest BCUT2D eigenvalue weighted by Crippen LogP contribution is -1.94. The van der Waals surface area contributed by atoms with E-state index in [1.807, 2.05) is 25.2 Å². The highest BCUT2D eigenvalue weighted by Crippen LogP contribution is 2.29. The van der Waals surface area contributed by atoms with E-state index in [2.05, 4.69) is 50.6 Å².